The number of imidazole rings is 1. The monoisotopic (exact) mass is 402 g/mol. The quantitative estimate of drug-likeness (QED) is 0.672. The molecule has 2 aromatic carbocycles. The van der Waals surface area contributed by atoms with Gasteiger partial charge in [-0.25, -0.2) is 4.98 Å². The normalized spacial score (nSPS) is 19.4. The van der Waals surface area contributed by atoms with Crippen molar-refractivity contribution >= 4 is 11.6 Å². The molecule has 0 aliphatic carbocycles. The summed E-state index contributed by atoms with van der Waals surface area (Å²) in [6.45, 7) is 3.65. The van der Waals surface area contributed by atoms with Crippen LogP contribution >= 0.6 is 0 Å². The minimum Gasteiger partial charge on any atom is -0.491 e. The highest BCUT2D eigenvalue weighted by atomic mass is 16.5. The number of aromatic nitrogens is 2. The van der Waals surface area contributed by atoms with Gasteiger partial charge in [0.2, 0.25) is 5.91 Å². The van der Waals surface area contributed by atoms with E-state index in [2.05, 4.69) is 38.7 Å². The Labute approximate surface area is 176 Å². The lowest BCUT2D eigenvalue weighted by atomic mass is 10.0. The number of piperazine rings is 1. The average Bonchev–Trinajstić information content (AvgIpc) is 3.21. The number of carbonyl (C=O) groups excluding carboxylic acids is 1. The van der Waals surface area contributed by atoms with Crippen molar-refractivity contribution in [1.29, 1.82) is 0 Å². The molecule has 5 rings (SSSR count). The van der Waals surface area contributed by atoms with Crippen molar-refractivity contribution in [3.05, 3.63) is 78.4 Å². The molecule has 2 aliphatic rings. The third kappa shape index (κ3) is 3.71. The molecule has 154 valence electrons. The second-order valence-corrected chi connectivity index (χ2v) is 7.93. The lowest BCUT2D eigenvalue weighted by molar-refractivity contribution is -0.126. The fourth-order valence-electron chi connectivity index (χ4n) is 4.44. The maximum atomic E-state index is 13.4. The first kappa shape index (κ1) is 18.9. The smallest absolute Gasteiger partial charge is 0.244 e. The van der Waals surface area contributed by atoms with Gasteiger partial charge in [-0.1, -0.05) is 42.5 Å². The van der Waals surface area contributed by atoms with Crippen LogP contribution in [0, 0.1) is 0 Å². The zero-order chi connectivity index (χ0) is 20.3. The van der Waals surface area contributed by atoms with E-state index in [1.807, 2.05) is 47.8 Å². The predicted molar refractivity (Wildman–Crippen MR) is 115 cm³/mol. The molecule has 30 heavy (non-hydrogen) atoms. The molecule has 6 heteroatoms. The van der Waals surface area contributed by atoms with E-state index in [-0.39, 0.29) is 11.9 Å². The molecule has 3 aromatic rings. The van der Waals surface area contributed by atoms with Crippen molar-refractivity contribution < 1.29 is 9.53 Å². The maximum Gasteiger partial charge on any atom is 0.244 e. The number of fused-ring (bicyclic) bond motifs is 4. The molecule has 2 bridgehead atoms. The minimum atomic E-state index is -0.131. The SMILES string of the molecule is O=C1C2CCCOc3ccccc3N1CCN2Cc1cncn1Cc1ccccc1. The second-order valence-electron chi connectivity index (χ2n) is 7.93. The van der Waals surface area contributed by atoms with Gasteiger partial charge in [-0.3, -0.25) is 9.69 Å². The second kappa shape index (κ2) is 8.32. The predicted octanol–water partition coefficient (Wildman–Crippen LogP) is 3.32. The van der Waals surface area contributed by atoms with Crippen LogP contribution in [-0.4, -0.2) is 46.1 Å². The number of amides is 1. The molecule has 3 heterocycles. The standard InChI is InChI=1S/C24H26N4O2/c29-24-22-10-6-14-30-23-11-5-4-9-21(23)28(24)13-12-26(22)17-20-15-25-18-27(20)16-19-7-2-1-3-8-19/h1-5,7-9,11,15,18,22H,6,10,12-14,16-17H2. The summed E-state index contributed by atoms with van der Waals surface area (Å²) in [5.41, 5.74) is 3.27. The first-order valence-corrected chi connectivity index (χ1v) is 10.6. The Bertz CT molecular complexity index is 1020. The highest BCUT2D eigenvalue weighted by molar-refractivity contribution is 5.99. The average molecular weight is 402 g/mol. The number of carbonyl (C=O) groups is 1. The van der Waals surface area contributed by atoms with Gasteiger partial charge in [-0.2, -0.15) is 0 Å². The molecule has 2 aliphatic heterocycles. The lowest BCUT2D eigenvalue weighted by Crippen LogP contribution is -2.56. The van der Waals surface area contributed by atoms with Gasteiger partial charge >= 0.3 is 0 Å². The number of hydrogen-bond acceptors (Lipinski definition) is 4. The topological polar surface area (TPSA) is 50.6 Å². The number of hydrogen-bond donors (Lipinski definition) is 0. The van der Waals surface area contributed by atoms with Crippen molar-refractivity contribution in [3.63, 3.8) is 0 Å². The summed E-state index contributed by atoms with van der Waals surface area (Å²) < 4.78 is 8.15. The lowest BCUT2D eigenvalue weighted by Gasteiger charge is -2.40. The molecule has 1 aromatic heterocycles. The number of rotatable bonds is 4. The van der Waals surface area contributed by atoms with Crippen molar-refractivity contribution in [2.45, 2.75) is 32.0 Å². The first-order valence-electron chi connectivity index (χ1n) is 10.6. The van der Waals surface area contributed by atoms with Crippen molar-refractivity contribution in [3.8, 4) is 5.75 Å². The van der Waals surface area contributed by atoms with E-state index in [1.54, 1.807) is 0 Å². The van der Waals surface area contributed by atoms with Crippen LogP contribution in [0.1, 0.15) is 24.1 Å². The summed E-state index contributed by atoms with van der Waals surface area (Å²) >= 11 is 0. The zero-order valence-electron chi connectivity index (χ0n) is 17.0. The molecule has 6 nitrogen and oxygen atoms in total. The van der Waals surface area contributed by atoms with Gasteiger partial charge in [0.05, 0.1) is 30.4 Å². The summed E-state index contributed by atoms with van der Waals surface area (Å²) in [6.07, 6.45) is 5.47. The molecular weight excluding hydrogens is 376 g/mol. The molecule has 1 saturated heterocycles. The third-order valence-corrected chi connectivity index (χ3v) is 6.00. The molecule has 1 unspecified atom stereocenters. The number of para-hydroxylation sites is 2. The summed E-state index contributed by atoms with van der Waals surface area (Å²) in [7, 11) is 0. The van der Waals surface area contributed by atoms with Crippen LogP contribution in [0.4, 0.5) is 5.69 Å². The Hall–Kier alpha value is -3.12. The first-order chi connectivity index (χ1) is 14.8. The Balaban J connectivity index is 1.37. The molecule has 1 amide bonds. The Morgan fingerprint density at radius 2 is 1.83 bits per heavy atom. The van der Waals surface area contributed by atoms with E-state index >= 15 is 0 Å². The van der Waals surface area contributed by atoms with E-state index in [9.17, 15) is 4.79 Å². The van der Waals surface area contributed by atoms with Gasteiger partial charge in [-0.05, 0) is 30.5 Å². The van der Waals surface area contributed by atoms with E-state index in [0.29, 0.717) is 13.2 Å². The Kier molecular flexibility index (Phi) is 5.24. The molecular formula is C24H26N4O2. The van der Waals surface area contributed by atoms with E-state index < -0.39 is 0 Å². The van der Waals surface area contributed by atoms with Gasteiger partial charge < -0.3 is 14.2 Å². The van der Waals surface area contributed by atoms with Crippen LogP contribution in [-0.2, 0) is 17.9 Å². The molecule has 0 saturated carbocycles. The zero-order valence-corrected chi connectivity index (χ0v) is 17.0. The maximum absolute atomic E-state index is 13.4. The van der Waals surface area contributed by atoms with Gasteiger partial charge in [0.15, 0.2) is 0 Å². The number of benzene rings is 2. The summed E-state index contributed by atoms with van der Waals surface area (Å²) in [6, 6.07) is 18.1. The van der Waals surface area contributed by atoms with E-state index in [1.165, 1.54) is 5.56 Å². The molecule has 1 atom stereocenters. The van der Waals surface area contributed by atoms with Gasteiger partial charge in [0.1, 0.15) is 5.75 Å². The van der Waals surface area contributed by atoms with Crippen LogP contribution in [0.2, 0.25) is 0 Å². The summed E-state index contributed by atoms with van der Waals surface area (Å²) in [5.74, 6) is 0.981. The largest absolute Gasteiger partial charge is 0.491 e. The Morgan fingerprint density at radius 1 is 1.00 bits per heavy atom. The number of nitrogens with zero attached hydrogens (tertiary/aromatic N) is 4. The van der Waals surface area contributed by atoms with Gasteiger partial charge in [-0.15, -0.1) is 0 Å². The van der Waals surface area contributed by atoms with E-state index in [4.69, 9.17) is 4.74 Å². The van der Waals surface area contributed by atoms with Crippen molar-refractivity contribution in [2.75, 3.05) is 24.6 Å². The van der Waals surface area contributed by atoms with E-state index in [0.717, 1.165) is 49.6 Å². The summed E-state index contributed by atoms with van der Waals surface area (Å²) in [5, 5.41) is 0. The van der Waals surface area contributed by atoms with Crippen LogP contribution < -0.4 is 9.64 Å². The third-order valence-electron chi connectivity index (χ3n) is 6.00. The van der Waals surface area contributed by atoms with Crippen LogP contribution in [0.3, 0.4) is 0 Å². The van der Waals surface area contributed by atoms with Crippen molar-refractivity contribution in [1.82, 2.24) is 14.5 Å². The van der Waals surface area contributed by atoms with Crippen LogP contribution in [0.15, 0.2) is 67.1 Å². The Morgan fingerprint density at radius 3 is 2.73 bits per heavy atom. The number of anilines is 1. The highest BCUT2D eigenvalue weighted by Crippen LogP contribution is 2.33. The molecule has 0 N–H and O–H groups in total. The van der Waals surface area contributed by atoms with Crippen molar-refractivity contribution in [2.24, 2.45) is 0 Å². The number of ether oxygens (including phenoxy) is 1. The molecule has 0 radical (unpaired) electrons. The fourth-order valence-corrected chi connectivity index (χ4v) is 4.44. The minimum absolute atomic E-state index is 0.131. The van der Waals surface area contributed by atoms with Gasteiger partial charge in [0.25, 0.3) is 0 Å². The van der Waals surface area contributed by atoms with Crippen LogP contribution in [0.5, 0.6) is 5.75 Å². The van der Waals surface area contributed by atoms with Gasteiger partial charge in [0, 0.05) is 32.4 Å². The molecule has 0 spiro atoms. The summed E-state index contributed by atoms with van der Waals surface area (Å²) in [4.78, 5) is 22.0. The fraction of sp³-hybridized carbons (Fsp3) is 0.333. The van der Waals surface area contributed by atoms with Crippen LogP contribution in [0.25, 0.3) is 0 Å². The molecule has 1 fully saturated rings. The highest BCUT2D eigenvalue weighted by Gasteiger charge is 2.37.